The molecule has 2 heterocycles. The second-order valence-corrected chi connectivity index (χ2v) is 5.19. The van der Waals surface area contributed by atoms with Crippen molar-refractivity contribution in [3.05, 3.63) is 16.1 Å². The highest BCUT2D eigenvalue weighted by Crippen LogP contribution is 2.39. The minimum absolute atomic E-state index is 0.508. The predicted octanol–water partition coefficient (Wildman–Crippen LogP) is 3.58. The zero-order valence-corrected chi connectivity index (χ0v) is 11.0. The molecule has 1 saturated heterocycles. The molecular weight excluding hydrogens is 279 g/mol. The van der Waals surface area contributed by atoms with Crippen LogP contribution in [0.5, 0.6) is 0 Å². The van der Waals surface area contributed by atoms with Crippen molar-refractivity contribution >= 4 is 57.5 Å². The quantitative estimate of drug-likeness (QED) is 0.872. The van der Waals surface area contributed by atoms with Gasteiger partial charge in [-0.1, -0.05) is 23.2 Å². The highest BCUT2D eigenvalue weighted by Gasteiger charge is 2.25. The minimum atomic E-state index is 0.508. The molecule has 1 aliphatic heterocycles. The van der Waals surface area contributed by atoms with Crippen molar-refractivity contribution in [1.29, 1.82) is 5.41 Å². The molecule has 0 amide bonds. The topological polar surface area (TPSA) is 52.9 Å². The van der Waals surface area contributed by atoms with E-state index in [1.807, 2.05) is 4.90 Å². The Morgan fingerprint density at radius 1 is 1.24 bits per heavy atom. The normalized spacial score (nSPS) is 16.1. The second kappa shape index (κ2) is 4.08. The molecule has 1 N–H and O–H groups in total. The number of rotatable bonds is 1. The largest absolute Gasteiger partial charge is 0.327 e. The summed E-state index contributed by atoms with van der Waals surface area (Å²) in [7, 11) is 0. The zero-order chi connectivity index (χ0) is 12.0. The standard InChI is InChI=1S/C10H8Cl2N4S/c11-5-4-6(12)10(9-8(5)14-17-15-9)16-3-1-2-7(16)13/h4,13H,1-3H2. The van der Waals surface area contributed by atoms with E-state index in [4.69, 9.17) is 28.6 Å². The molecule has 1 aliphatic rings. The molecule has 0 spiro atoms. The molecule has 1 aromatic carbocycles. The van der Waals surface area contributed by atoms with Gasteiger partial charge in [-0.25, -0.2) is 0 Å². The van der Waals surface area contributed by atoms with E-state index in [9.17, 15) is 0 Å². The summed E-state index contributed by atoms with van der Waals surface area (Å²) in [5.41, 5.74) is 2.12. The van der Waals surface area contributed by atoms with Crippen molar-refractivity contribution in [2.75, 3.05) is 11.4 Å². The molecule has 0 aliphatic carbocycles. The number of halogens is 2. The molecule has 0 bridgehead atoms. The van der Waals surface area contributed by atoms with E-state index in [2.05, 4.69) is 8.75 Å². The van der Waals surface area contributed by atoms with Gasteiger partial charge in [0, 0.05) is 13.0 Å². The first kappa shape index (κ1) is 11.2. The highest BCUT2D eigenvalue weighted by molar-refractivity contribution is 7.00. The molecule has 0 radical (unpaired) electrons. The van der Waals surface area contributed by atoms with Gasteiger partial charge in [0.05, 0.1) is 27.5 Å². The summed E-state index contributed by atoms with van der Waals surface area (Å²) in [5.74, 6) is 0.573. The van der Waals surface area contributed by atoms with Crippen LogP contribution in [0.15, 0.2) is 6.07 Å². The molecule has 2 aromatic rings. The van der Waals surface area contributed by atoms with Crippen LogP contribution in [0.3, 0.4) is 0 Å². The Morgan fingerprint density at radius 2 is 2.00 bits per heavy atom. The maximum absolute atomic E-state index is 7.91. The van der Waals surface area contributed by atoms with Crippen molar-refractivity contribution < 1.29 is 0 Å². The number of amidine groups is 1. The summed E-state index contributed by atoms with van der Waals surface area (Å²) in [6.07, 6.45) is 1.74. The third-order valence-corrected chi connectivity index (χ3v) is 3.91. The number of fused-ring (bicyclic) bond motifs is 1. The molecule has 88 valence electrons. The van der Waals surface area contributed by atoms with Gasteiger partial charge in [-0.2, -0.15) is 8.75 Å². The number of nitrogens with one attached hydrogen (secondary N) is 1. The van der Waals surface area contributed by atoms with Gasteiger partial charge in [0.25, 0.3) is 0 Å². The first-order valence-electron chi connectivity index (χ1n) is 5.13. The van der Waals surface area contributed by atoms with E-state index < -0.39 is 0 Å². The van der Waals surface area contributed by atoms with Crippen LogP contribution in [0.25, 0.3) is 11.0 Å². The van der Waals surface area contributed by atoms with Crippen LogP contribution >= 0.6 is 34.9 Å². The van der Waals surface area contributed by atoms with E-state index in [0.29, 0.717) is 26.9 Å². The summed E-state index contributed by atoms with van der Waals surface area (Å²) >= 11 is 13.4. The number of nitrogens with zero attached hydrogens (tertiary/aromatic N) is 3. The van der Waals surface area contributed by atoms with Crippen LogP contribution in [0.4, 0.5) is 5.69 Å². The number of hydrogen-bond donors (Lipinski definition) is 1. The second-order valence-electron chi connectivity index (χ2n) is 3.85. The fourth-order valence-electron chi connectivity index (χ4n) is 2.04. The lowest BCUT2D eigenvalue weighted by atomic mass is 10.2. The Kier molecular flexibility index (Phi) is 2.69. The maximum Gasteiger partial charge on any atom is 0.131 e. The van der Waals surface area contributed by atoms with Crippen LogP contribution in [0.1, 0.15) is 12.8 Å². The van der Waals surface area contributed by atoms with Crippen LogP contribution in [0.2, 0.25) is 10.0 Å². The van der Waals surface area contributed by atoms with Gasteiger partial charge in [0.1, 0.15) is 16.9 Å². The van der Waals surface area contributed by atoms with E-state index >= 15 is 0 Å². The third-order valence-electron chi connectivity index (χ3n) is 2.81. The summed E-state index contributed by atoms with van der Waals surface area (Å²) < 4.78 is 8.40. The van der Waals surface area contributed by atoms with Crippen LogP contribution in [0, 0.1) is 5.41 Å². The fraction of sp³-hybridized carbons (Fsp3) is 0.300. The number of aromatic nitrogens is 2. The summed E-state index contributed by atoms with van der Waals surface area (Å²) in [5, 5.41) is 8.95. The molecule has 1 fully saturated rings. The Labute approximate surface area is 112 Å². The van der Waals surface area contributed by atoms with Gasteiger partial charge in [0.15, 0.2) is 0 Å². The number of anilines is 1. The predicted molar refractivity (Wildman–Crippen MR) is 71.7 cm³/mol. The van der Waals surface area contributed by atoms with E-state index in [0.717, 1.165) is 36.8 Å². The number of hydrogen-bond acceptors (Lipinski definition) is 4. The van der Waals surface area contributed by atoms with Crippen molar-refractivity contribution in [2.24, 2.45) is 0 Å². The monoisotopic (exact) mass is 286 g/mol. The first-order chi connectivity index (χ1) is 8.18. The smallest absolute Gasteiger partial charge is 0.131 e. The summed E-state index contributed by atoms with van der Waals surface area (Å²) in [4.78, 5) is 1.89. The molecule has 3 rings (SSSR count). The third kappa shape index (κ3) is 1.69. The molecular formula is C10H8Cl2N4S. The summed E-state index contributed by atoms with van der Waals surface area (Å²) in [6, 6.07) is 1.67. The lowest BCUT2D eigenvalue weighted by Crippen LogP contribution is -2.23. The van der Waals surface area contributed by atoms with E-state index in [-0.39, 0.29) is 0 Å². The van der Waals surface area contributed by atoms with Gasteiger partial charge >= 0.3 is 0 Å². The van der Waals surface area contributed by atoms with E-state index in [1.54, 1.807) is 6.07 Å². The molecule has 0 saturated carbocycles. The maximum atomic E-state index is 7.91. The minimum Gasteiger partial charge on any atom is -0.327 e. The SMILES string of the molecule is N=C1CCCN1c1c(Cl)cc(Cl)c2nsnc12. The Morgan fingerprint density at radius 3 is 2.71 bits per heavy atom. The lowest BCUT2D eigenvalue weighted by Gasteiger charge is -2.19. The zero-order valence-electron chi connectivity index (χ0n) is 8.70. The molecule has 17 heavy (non-hydrogen) atoms. The Bertz CT molecular complexity index is 610. The number of benzene rings is 1. The molecule has 4 nitrogen and oxygen atoms in total. The van der Waals surface area contributed by atoms with Gasteiger partial charge < -0.3 is 4.90 Å². The summed E-state index contributed by atoms with van der Waals surface area (Å²) in [6.45, 7) is 0.798. The van der Waals surface area contributed by atoms with Crippen LogP contribution in [-0.2, 0) is 0 Å². The van der Waals surface area contributed by atoms with Gasteiger partial charge in [-0.05, 0) is 12.5 Å². The van der Waals surface area contributed by atoms with Crippen molar-refractivity contribution in [2.45, 2.75) is 12.8 Å². The van der Waals surface area contributed by atoms with Crippen molar-refractivity contribution in [3.63, 3.8) is 0 Å². The lowest BCUT2D eigenvalue weighted by molar-refractivity contribution is 0.958. The highest BCUT2D eigenvalue weighted by atomic mass is 35.5. The van der Waals surface area contributed by atoms with Crippen molar-refractivity contribution in [3.8, 4) is 0 Å². The molecule has 7 heteroatoms. The Hall–Kier alpha value is -0.910. The van der Waals surface area contributed by atoms with E-state index in [1.165, 1.54) is 0 Å². The van der Waals surface area contributed by atoms with Gasteiger partial charge in [0.2, 0.25) is 0 Å². The molecule has 0 atom stereocenters. The first-order valence-corrected chi connectivity index (χ1v) is 6.62. The Balaban J connectivity index is 2.27. The molecule has 1 aromatic heterocycles. The van der Waals surface area contributed by atoms with Crippen LogP contribution in [-0.4, -0.2) is 21.1 Å². The van der Waals surface area contributed by atoms with Gasteiger partial charge in [-0.3, -0.25) is 5.41 Å². The van der Waals surface area contributed by atoms with Crippen molar-refractivity contribution in [1.82, 2.24) is 8.75 Å². The average Bonchev–Trinajstić information content (AvgIpc) is 2.88. The van der Waals surface area contributed by atoms with Crippen LogP contribution < -0.4 is 4.90 Å². The molecule has 0 unspecified atom stereocenters. The average molecular weight is 287 g/mol. The fourth-order valence-corrected chi connectivity index (χ4v) is 3.25. The van der Waals surface area contributed by atoms with Gasteiger partial charge in [-0.15, -0.1) is 0 Å².